The lowest BCUT2D eigenvalue weighted by Crippen LogP contribution is -2.28. The molecule has 0 heterocycles. The molecule has 0 aromatic heterocycles. The largest absolute Gasteiger partial charge is 0.466 e. The smallest absolute Gasteiger partial charge is 0.333 e. The quantitative estimate of drug-likeness (QED) is 0.269. The molecule has 1 aliphatic rings. The highest BCUT2D eigenvalue weighted by Gasteiger charge is 2.27. The SMILES string of the molecule is C=C(C(=O)OC)C1CC/C(C(=O)NCCCCCCCN)=C\CCC(C)C(O)C1.CC. The zero-order valence-corrected chi connectivity index (χ0v) is 20.3. The molecule has 1 amide bonds. The number of ether oxygens (including phenoxy) is 1. The number of nitrogens with one attached hydrogen (secondary N) is 1. The summed E-state index contributed by atoms with van der Waals surface area (Å²) in [5, 5.41) is 13.5. The molecule has 31 heavy (non-hydrogen) atoms. The predicted octanol–water partition coefficient (Wildman–Crippen LogP) is 4.27. The highest BCUT2D eigenvalue weighted by molar-refractivity contribution is 5.93. The molecule has 6 heteroatoms. The Kier molecular flexibility index (Phi) is 17.0. The average molecular weight is 439 g/mol. The van der Waals surface area contributed by atoms with E-state index in [0.717, 1.165) is 57.1 Å². The zero-order chi connectivity index (χ0) is 23.6. The number of carbonyl (C=O) groups excluding carboxylic acids is 2. The van der Waals surface area contributed by atoms with Crippen LogP contribution in [-0.4, -0.2) is 43.3 Å². The van der Waals surface area contributed by atoms with Crippen molar-refractivity contribution in [2.45, 2.75) is 91.1 Å². The minimum atomic E-state index is -0.496. The van der Waals surface area contributed by atoms with E-state index in [1.54, 1.807) is 0 Å². The van der Waals surface area contributed by atoms with Gasteiger partial charge in [-0.15, -0.1) is 0 Å². The third kappa shape index (κ3) is 12.1. The van der Waals surface area contributed by atoms with E-state index in [9.17, 15) is 14.7 Å². The van der Waals surface area contributed by atoms with Crippen molar-refractivity contribution in [3.63, 3.8) is 0 Å². The first kappa shape index (κ1) is 29.3. The van der Waals surface area contributed by atoms with Crippen molar-refractivity contribution in [1.82, 2.24) is 5.32 Å². The van der Waals surface area contributed by atoms with Crippen molar-refractivity contribution in [3.05, 3.63) is 23.8 Å². The van der Waals surface area contributed by atoms with Crippen molar-refractivity contribution in [2.24, 2.45) is 17.6 Å². The van der Waals surface area contributed by atoms with Crippen LogP contribution in [0, 0.1) is 11.8 Å². The molecule has 0 aromatic carbocycles. The normalized spacial score (nSPS) is 23.4. The fourth-order valence-electron chi connectivity index (χ4n) is 3.72. The van der Waals surface area contributed by atoms with Gasteiger partial charge in [0.15, 0.2) is 0 Å². The maximum absolute atomic E-state index is 12.6. The molecule has 0 aliphatic heterocycles. The van der Waals surface area contributed by atoms with E-state index in [1.807, 2.05) is 26.8 Å². The summed E-state index contributed by atoms with van der Waals surface area (Å²) >= 11 is 0. The number of esters is 1. The van der Waals surface area contributed by atoms with Crippen LogP contribution in [0.3, 0.4) is 0 Å². The molecule has 0 saturated carbocycles. The molecule has 0 saturated heterocycles. The van der Waals surface area contributed by atoms with Gasteiger partial charge in [0.05, 0.1) is 13.2 Å². The van der Waals surface area contributed by atoms with Crippen LogP contribution in [0.2, 0.25) is 0 Å². The molecule has 4 N–H and O–H groups in total. The van der Waals surface area contributed by atoms with Crippen LogP contribution in [0.15, 0.2) is 23.8 Å². The van der Waals surface area contributed by atoms with E-state index in [2.05, 4.69) is 11.9 Å². The summed E-state index contributed by atoms with van der Waals surface area (Å²) in [6, 6.07) is 0. The third-order valence-corrected chi connectivity index (χ3v) is 5.86. The van der Waals surface area contributed by atoms with Crippen LogP contribution in [0.1, 0.15) is 85.0 Å². The van der Waals surface area contributed by atoms with E-state index < -0.39 is 12.1 Å². The van der Waals surface area contributed by atoms with Crippen LogP contribution in [0.5, 0.6) is 0 Å². The monoisotopic (exact) mass is 438 g/mol. The maximum Gasteiger partial charge on any atom is 0.333 e. The van der Waals surface area contributed by atoms with Gasteiger partial charge in [0.2, 0.25) is 5.91 Å². The van der Waals surface area contributed by atoms with Gasteiger partial charge in [-0.2, -0.15) is 0 Å². The highest BCUT2D eigenvalue weighted by atomic mass is 16.5. The second-order valence-corrected chi connectivity index (χ2v) is 8.15. The molecule has 6 nitrogen and oxygen atoms in total. The summed E-state index contributed by atoms with van der Waals surface area (Å²) in [6.07, 6.45) is 10.1. The summed E-state index contributed by atoms with van der Waals surface area (Å²) in [4.78, 5) is 24.6. The average Bonchev–Trinajstić information content (AvgIpc) is 2.79. The Labute approximate surface area is 189 Å². The second-order valence-electron chi connectivity index (χ2n) is 8.15. The Morgan fingerprint density at radius 1 is 1.19 bits per heavy atom. The number of allylic oxidation sites excluding steroid dienone is 1. The number of carbonyl (C=O) groups is 2. The second kappa shape index (κ2) is 18.0. The number of aliphatic hydroxyl groups is 1. The first-order chi connectivity index (χ1) is 14.9. The summed E-state index contributed by atoms with van der Waals surface area (Å²) in [5.41, 5.74) is 6.63. The van der Waals surface area contributed by atoms with Crippen LogP contribution in [0.4, 0.5) is 0 Å². The predicted molar refractivity (Wildman–Crippen MR) is 127 cm³/mol. The standard InChI is InChI=1S/C23H40N2O4.C2H6/c1-17-10-9-11-19(22(27)25-15-8-6-4-5-7-14-24)12-13-20(16-21(17)26)18(2)23(28)29-3;1-2/h11,17,20-21,26H,2,4-10,12-16,24H2,1,3H3,(H,25,27);1-2H3/b19-11+;. The summed E-state index contributed by atoms with van der Waals surface area (Å²) in [6.45, 7) is 11.3. The molecule has 1 aliphatic carbocycles. The van der Waals surface area contributed by atoms with Gasteiger partial charge in [-0.05, 0) is 63.3 Å². The fourth-order valence-corrected chi connectivity index (χ4v) is 3.72. The molecule has 3 unspecified atom stereocenters. The molecule has 1 rings (SSSR count). The number of hydrogen-bond acceptors (Lipinski definition) is 5. The van der Waals surface area contributed by atoms with E-state index in [-0.39, 0.29) is 17.7 Å². The minimum absolute atomic E-state index is 0.0248. The number of methoxy groups -OCH3 is 1. The van der Waals surface area contributed by atoms with E-state index >= 15 is 0 Å². The Morgan fingerprint density at radius 2 is 1.84 bits per heavy atom. The van der Waals surface area contributed by atoms with Crippen LogP contribution in [-0.2, 0) is 14.3 Å². The van der Waals surface area contributed by atoms with E-state index in [0.29, 0.717) is 31.4 Å². The van der Waals surface area contributed by atoms with Gasteiger partial charge in [-0.3, -0.25) is 4.79 Å². The molecule has 0 fully saturated rings. The summed E-state index contributed by atoms with van der Waals surface area (Å²) in [5.74, 6) is -0.577. The lowest BCUT2D eigenvalue weighted by atomic mass is 9.82. The molecule has 0 bridgehead atoms. The molecule has 0 radical (unpaired) electrons. The minimum Gasteiger partial charge on any atom is -0.466 e. The molecular formula is C25H46N2O4. The number of aliphatic hydroxyl groups excluding tert-OH is 1. The van der Waals surface area contributed by atoms with Gasteiger partial charge in [-0.25, -0.2) is 4.79 Å². The van der Waals surface area contributed by atoms with Crippen LogP contribution < -0.4 is 11.1 Å². The van der Waals surface area contributed by atoms with Crippen molar-refractivity contribution in [2.75, 3.05) is 20.2 Å². The van der Waals surface area contributed by atoms with Gasteiger partial charge in [0.1, 0.15) is 0 Å². The van der Waals surface area contributed by atoms with E-state index in [1.165, 1.54) is 7.11 Å². The maximum atomic E-state index is 12.6. The van der Waals surface area contributed by atoms with Gasteiger partial charge < -0.3 is 20.9 Å². The molecule has 180 valence electrons. The van der Waals surface area contributed by atoms with Gasteiger partial charge in [-0.1, -0.05) is 52.7 Å². The van der Waals surface area contributed by atoms with Gasteiger partial charge >= 0.3 is 5.97 Å². The number of nitrogens with two attached hydrogens (primary N) is 1. The van der Waals surface area contributed by atoms with Crippen LogP contribution >= 0.6 is 0 Å². The van der Waals surface area contributed by atoms with Crippen molar-refractivity contribution < 1.29 is 19.4 Å². The molecule has 0 aromatic rings. The van der Waals surface area contributed by atoms with Crippen molar-refractivity contribution >= 4 is 11.9 Å². The number of hydrogen-bond donors (Lipinski definition) is 3. The summed E-state index contributed by atoms with van der Waals surface area (Å²) in [7, 11) is 1.33. The topological polar surface area (TPSA) is 102 Å². The van der Waals surface area contributed by atoms with Crippen LogP contribution in [0.25, 0.3) is 0 Å². The Morgan fingerprint density at radius 3 is 2.48 bits per heavy atom. The molecule has 0 spiro atoms. The van der Waals surface area contributed by atoms with Gasteiger partial charge in [0, 0.05) is 17.7 Å². The molecular weight excluding hydrogens is 392 g/mol. The Hall–Kier alpha value is -1.66. The zero-order valence-electron chi connectivity index (χ0n) is 20.3. The number of rotatable bonds is 10. The van der Waals surface area contributed by atoms with Gasteiger partial charge in [0.25, 0.3) is 0 Å². The lowest BCUT2D eigenvalue weighted by molar-refractivity contribution is -0.136. The molecule has 3 atom stereocenters. The van der Waals surface area contributed by atoms with Crippen molar-refractivity contribution in [1.29, 1.82) is 0 Å². The van der Waals surface area contributed by atoms with E-state index in [4.69, 9.17) is 10.5 Å². The highest BCUT2D eigenvalue weighted by Crippen LogP contribution is 2.29. The fraction of sp³-hybridized carbons (Fsp3) is 0.760. The Bertz CT molecular complexity index is 560. The lowest BCUT2D eigenvalue weighted by Gasteiger charge is -2.26. The van der Waals surface area contributed by atoms with Crippen molar-refractivity contribution in [3.8, 4) is 0 Å². The number of amides is 1. The summed E-state index contributed by atoms with van der Waals surface area (Å²) < 4.78 is 4.81. The Balaban J connectivity index is 0.00000436. The first-order valence-corrected chi connectivity index (χ1v) is 12.0. The third-order valence-electron chi connectivity index (χ3n) is 5.86. The number of unbranched alkanes of at least 4 members (excludes halogenated alkanes) is 4. The first-order valence-electron chi connectivity index (χ1n) is 12.0.